The molecule has 0 aromatic heterocycles. The van der Waals surface area contributed by atoms with Crippen molar-refractivity contribution in [1.82, 2.24) is 14.5 Å². The van der Waals surface area contributed by atoms with Crippen LogP contribution in [0.25, 0.3) is 0 Å². The van der Waals surface area contributed by atoms with Gasteiger partial charge in [-0.3, -0.25) is 9.69 Å². The number of hydrogen-bond acceptors (Lipinski definition) is 4. The quantitative estimate of drug-likeness (QED) is 0.787. The van der Waals surface area contributed by atoms with Crippen molar-refractivity contribution in [3.63, 3.8) is 0 Å². The van der Waals surface area contributed by atoms with E-state index in [1.54, 1.807) is 12.1 Å². The van der Waals surface area contributed by atoms with Gasteiger partial charge in [-0.05, 0) is 49.6 Å². The number of amides is 1. The van der Waals surface area contributed by atoms with Crippen LogP contribution in [0.4, 0.5) is 0 Å². The van der Waals surface area contributed by atoms with Crippen molar-refractivity contribution in [2.75, 3.05) is 32.7 Å². The molecule has 0 radical (unpaired) electrons. The smallest absolute Gasteiger partial charge is 0.243 e. The number of hydrogen-bond donors (Lipinski definition) is 1. The molecule has 0 spiro atoms. The molecular formula is C22H29N3O3S. The van der Waals surface area contributed by atoms with E-state index in [0.717, 1.165) is 16.7 Å². The fourth-order valence-electron chi connectivity index (χ4n) is 3.47. The molecule has 7 heteroatoms. The highest BCUT2D eigenvalue weighted by Crippen LogP contribution is 2.20. The molecule has 6 nitrogen and oxygen atoms in total. The summed E-state index contributed by atoms with van der Waals surface area (Å²) in [5.74, 6) is -0.0492. The lowest BCUT2D eigenvalue weighted by atomic mass is 10.1. The molecular weight excluding hydrogens is 386 g/mol. The van der Waals surface area contributed by atoms with Crippen LogP contribution < -0.4 is 5.32 Å². The van der Waals surface area contributed by atoms with Crippen molar-refractivity contribution in [3.05, 3.63) is 65.2 Å². The van der Waals surface area contributed by atoms with E-state index in [1.807, 2.05) is 62.1 Å². The van der Waals surface area contributed by atoms with Crippen molar-refractivity contribution in [3.8, 4) is 0 Å². The van der Waals surface area contributed by atoms with Crippen LogP contribution in [0.1, 0.15) is 29.7 Å². The molecule has 156 valence electrons. The van der Waals surface area contributed by atoms with Crippen molar-refractivity contribution < 1.29 is 13.2 Å². The Morgan fingerprint density at radius 2 is 1.66 bits per heavy atom. The number of piperazine rings is 1. The van der Waals surface area contributed by atoms with Gasteiger partial charge in [0.1, 0.15) is 0 Å². The van der Waals surface area contributed by atoms with Gasteiger partial charge in [0.2, 0.25) is 15.9 Å². The van der Waals surface area contributed by atoms with Crippen LogP contribution in [-0.4, -0.2) is 56.3 Å². The van der Waals surface area contributed by atoms with E-state index in [9.17, 15) is 13.2 Å². The zero-order valence-corrected chi connectivity index (χ0v) is 18.1. The maximum absolute atomic E-state index is 12.9. The number of rotatable bonds is 6. The highest BCUT2D eigenvalue weighted by atomic mass is 32.2. The standard InChI is InChI=1S/C22H29N3O3S/c1-17-9-10-21(15-18(17)2)29(27,28)25-13-11-24(12-14-25)16-22(26)23-19(3)20-7-5-4-6-8-20/h4-10,15,19H,11-14,16H2,1-3H3,(H,23,26)/t19-/m1/s1. The van der Waals surface area contributed by atoms with Gasteiger partial charge in [0.15, 0.2) is 0 Å². The van der Waals surface area contributed by atoms with Gasteiger partial charge in [-0.2, -0.15) is 4.31 Å². The Bertz CT molecular complexity index is 953. The third-order valence-corrected chi connectivity index (χ3v) is 7.39. The monoisotopic (exact) mass is 415 g/mol. The number of sulfonamides is 1. The van der Waals surface area contributed by atoms with Crippen LogP contribution in [0.15, 0.2) is 53.4 Å². The Labute approximate surface area is 173 Å². The maximum atomic E-state index is 12.9. The number of nitrogens with zero attached hydrogens (tertiary/aromatic N) is 2. The molecule has 1 heterocycles. The molecule has 1 amide bonds. The largest absolute Gasteiger partial charge is 0.348 e. The number of carbonyl (C=O) groups is 1. The van der Waals surface area contributed by atoms with Gasteiger partial charge in [0, 0.05) is 26.2 Å². The van der Waals surface area contributed by atoms with Crippen LogP contribution in [0, 0.1) is 13.8 Å². The lowest BCUT2D eigenvalue weighted by molar-refractivity contribution is -0.123. The molecule has 0 bridgehead atoms. The summed E-state index contributed by atoms with van der Waals surface area (Å²) in [4.78, 5) is 14.7. The zero-order chi connectivity index (χ0) is 21.0. The average molecular weight is 416 g/mol. The van der Waals surface area contributed by atoms with Crippen LogP contribution in [0.2, 0.25) is 0 Å². The SMILES string of the molecule is Cc1ccc(S(=O)(=O)N2CCN(CC(=O)N[C@H](C)c3ccccc3)CC2)cc1C. The van der Waals surface area contributed by atoms with Crippen molar-refractivity contribution >= 4 is 15.9 Å². The molecule has 2 aromatic rings. The molecule has 1 atom stereocenters. The van der Waals surface area contributed by atoms with Gasteiger partial charge in [0.05, 0.1) is 17.5 Å². The fraction of sp³-hybridized carbons (Fsp3) is 0.409. The van der Waals surface area contributed by atoms with E-state index in [1.165, 1.54) is 4.31 Å². The third kappa shape index (κ3) is 5.23. The predicted molar refractivity (Wildman–Crippen MR) is 114 cm³/mol. The molecule has 1 saturated heterocycles. The number of carbonyl (C=O) groups excluding carboxylic acids is 1. The lowest BCUT2D eigenvalue weighted by Crippen LogP contribution is -2.51. The average Bonchev–Trinajstić information content (AvgIpc) is 2.71. The molecule has 1 aliphatic heterocycles. The van der Waals surface area contributed by atoms with Gasteiger partial charge in [-0.25, -0.2) is 8.42 Å². The van der Waals surface area contributed by atoms with E-state index in [2.05, 4.69) is 5.32 Å². The molecule has 1 N–H and O–H groups in total. The van der Waals surface area contributed by atoms with Gasteiger partial charge < -0.3 is 5.32 Å². The molecule has 2 aromatic carbocycles. The first kappa shape index (κ1) is 21.5. The Kier molecular flexibility index (Phi) is 6.72. The van der Waals surface area contributed by atoms with E-state index in [-0.39, 0.29) is 18.5 Å². The summed E-state index contributed by atoms with van der Waals surface area (Å²) < 4.78 is 27.3. The second-order valence-electron chi connectivity index (χ2n) is 7.63. The highest BCUT2D eigenvalue weighted by Gasteiger charge is 2.29. The summed E-state index contributed by atoms with van der Waals surface area (Å²) in [5.41, 5.74) is 3.10. The molecule has 1 aliphatic rings. The normalized spacial score (nSPS) is 17.1. The Morgan fingerprint density at radius 3 is 2.28 bits per heavy atom. The summed E-state index contributed by atoms with van der Waals surface area (Å²) in [6.45, 7) is 7.97. The predicted octanol–water partition coefficient (Wildman–Crippen LogP) is 2.49. The van der Waals surface area contributed by atoms with Crippen LogP contribution in [-0.2, 0) is 14.8 Å². The number of nitrogens with one attached hydrogen (secondary N) is 1. The van der Waals surface area contributed by atoms with Gasteiger partial charge in [-0.15, -0.1) is 0 Å². The zero-order valence-electron chi connectivity index (χ0n) is 17.3. The minimum atomic E-state index is -3.50. The summed E-state index contributed by atoms with van der Waals surface area (Å²) >= 11 is 0. The molecule has 0 unspecified atom stereocenters. The second kappa shape index (κ2) is 9.07. The van der Waals surface area contributed by atoms with Gasteiger partial charge in [0.25, 0.3) is 0 Å². The number of benzene rings is 2. The number of aryl methyl sites for hydroxylation is 2. The summed E-state index contributed by atoms with van der Waals surface area (Å²) in [5, 5.41) is 3.01. The second-order valence-corrected chi connectivity index (χ2v) is 9.56. The topological polar surface area (TPSA) is 69.7 Å². The van der Waals surface area contributed by atoms with Crippen LogP contribution in [0.3, 0.4) is 0 Å². The van der Waals surface area contributed by atoms with E-state index in [4.69, 9.17) is 0 Å². The van der Waals surface area contributed by atoms with Crippen molar-refractivity contribution in [1.29, 1.82) is 0 Å². The molecule has 29 heavy (non-hydrogen) atoms. The van der Waals surface area contributed by atoms with Gasteiger partial charge >= 0.3 is 0 Å². The van der Waals surface area contributed by atoms with E-state index >= 15 is 0 Å². The first-order chi connectivity index (χ1) is 13.8. The van der Waals surface area contributed by atoms with Gasteiger partial charge in [-0.1, -0.05) is 36.4 Å². The van der Waals surface area contributed by atoms with E-state index < -0.39 is 10.0 Å². The van der Waals surface area contributed by atoms with E-state index in [0.29, 0.717) is 31.1 Å². The van der Waals surface area contributed by atoms with Crippen molar-refractivity contribution in [2.45, 2.75) is 31.7 Å². The minimum Gasteiger partial charge on any atom is -0.348 e. The van der Waals surface area contributed by atoms with Crippen LogP contribution in [0.5, 0.6) is 0 Å². The molecule has 1 fully saturated rings. The third-order valence-electron chi connectivity index (χ3n) is 5.49. The summed E-state index contributed by atoms with van der Waals surface area (Å²) in [6.07, 6.45) is 0. The summed E-state index contributed by atoms with van der Waals surface area (Å²) in [7, 11) is -3.50. The molecule has 3 rings (SSSR count). The lowest BCUT2D eigenvalue weighted by Gasteiger charge is -2.33. The molecule has 0 saturated carbocycles. The Hall–Kier alpha value is -2.22. The Balaban J connectivity index is 1.53. The minimum absolute atomic E-state index is 0.0492. The first-order valence-electron chi connectivity index (χ1n) is 9.91. The summed E-state index contributed by atoms with van der Waals surface area (Å²) in [6, 6.07) is 15.0. The fourth-order valence-corrected chi connectivity index (χ4v) is 4.97. The molecule has 0 aliphatic carbocycles. The van der Waals surface area contributed by atoms with Crippen molar-refractivity contribution in [2.24, 2.45) is 0 Å². The maximum Gasteiger partial charge on any atom is 0.243 e. The highest BCUT2D eigenvalue weighted by molar-refractivity contribution is 7.89. The van der Waals surface area contributed by atoms with Crippen LogP contribution >= 0.6 is 0 Å². The Morgan fingerprint density at radius 1 is 1.00 bits per heavy atom. The first-order valence-corrected chi connectivity index (χ1v) is 11.4.